The van der Waals surface area contributed by atoms with Gasteiger partial charge in [-0.3, -0.25) is 4.79 Å². The molecule has 1 aromatic heterocycles. The van der Waals surface area contributed by atoms with Crippen LogP contribution in [0.3, 0.4) is 0 Å². The van der Waals surface area contributed by atoms with Gasteiger partial charge in [0.15, 0.2) is 23.1 Å². The highest BCUT2D eigenvalue weighted by Crippen LogP contribution is 2.71. The van der Waals surface area contributed by atoms with E-state index in [9.17, 15) is 14.3 Å². The summed E-state index contributed by atoms with van der Waals surface area (Å²) in [5.41, 5.74) is 3.43. The van der Waals surface area contributed by atoms with Gasteiger partial charge in [-0.15, -0.1) is 11.3 Å². The number of phenolic OH excluding ortho intramolecular Hbond substituents is 1. The zero-order chi connectivity index (χ0) is 18.8. The number of phenols is 1. The minimum absolute atomic E-state index is 0.0484. The van der Waals surface area contributed by atoms with Crippen molar-refractivity contribution in [2.45, 2.75) is 33.1 Å². The van der Waals surface area contributed by atoms with Gasteiger partial charge in [-0.2, -0.15) is 0 Å². The number of carbonyl (C=O) groups is 1. The fourth-order valence-electron chi connectivity index (χ4n) is 4.42. The number of benzene rings is 1. The molecule has 2 atom stereocenters. The molecule has 2 aromatic rings. The number of ether oxygens (including phenoxy) is 1. The van der Waals surface area contributed by atoms with Crippen LogP contribution in [0.5, 0.6) is 11.5 Å². The summed E-state index contributed by atoms with van der Waals surface area (Å²) in [6.07, 6.45) is 4.02. The molecule has 0 radical (unpaired) electrons. The quantitative estimate of drug-likeness (QED) is 0.600. The van der Waals surface area contributed by atoms with E-state index in [1.54, 1.807) is 17.4 Å². The largest absolute Gasteiger partial charge is 0.502 e. The van der Waals surface area contributed by atoms with Crippen molar-refractivity contribution in [1.82, 2.24) is 0 Å². The fourth-order valence-corrected chi connectivity index (χ4v) is 5.58. The zero-order valence-corrected chi connectivity index (χ0v) is 16.0. The summed E-state index contributed by atoms with van der Waals surface area (Å²) in [5, 5.41) is 9.57. The average Bonchev–Trinajstić information content (AvgIpc) is 2.95. The first-order valence-electron chi connectivity index (χ1n) is 8.66. The summed E-state index contributed by atoms with van der Waals surface area (Å²) in [6, 6.07) is 2.69. The van der Waals surface area contributed by atoms with Crippen molar-refractivity contribution in [3.63, 3.8) is 0 Å². The molecule has 0 amide bonds. The molecule has 0 aliphatic heterocycles. The SMILES string of the molecule is COc1cc(/C=C/C(=O)c2sc(C)c3c2C[C@@H]2[C@H]3C2(C)C)cc(F)c1O. The molecule has 5 heteroatoms. The van der Waals surface area contributed by atoms with E-state index in [0.717, 1.165) is 11.3 Å². The van der Waals surface area contributed by atoms with Crippen molar-refractivity contribution in [3.05, 3.63) is 50.5 Å². The van der Waals surface area contributed by atoms with E-state index in [-0.39, 0.29) is 11.5 Å². The monoisotopic (exact) mass is 372 g/mol. The van der Waals surface area contributed by atoms with Gasteiger partial charge in [-0.05, 0) is 65.5 Å². The maximum atomic E-state index is 13.7. The number of thiophene rings is 1. The van der Waals surface area contributed by atoms with Gasteiger partial charge in [-0.1, -0.05) is 19.9 Å². The number of hydrogen-bond donors (Lipinski definition) is 1. The van der Waals surface area contributed by atoms with Gasteiger partial charge in [0, 0.05) is 4.88 Å². The van der Waals surface area contributed by atoms with Crippen LogP contribution in [0.25, 0.3) is 6.08 Å². The molecule has 2 aliphatic rings. The van der Waals surface area contributed by atoms with Gasteiger partial charge < -0.3 is 9.84 Å². The standard InChI is InChI=1S/C21H21FO3S/c1-10-17-12(9-13-18(17)21(13,2)3)20(26-10)15(23)6-5-11-7-14(22)19(24)16(8-11)25-4/h5-8,13,18,24H,9H2,1-4H3/b6-5+/t13-,18-/m1/s1. The third-order valence-electron chi connectivity index (χ3n) is 5.94. The van der Waals surface area contributed by atoms with Crippen LogP contribution in [0.1, 0.15) is 51.0 Å². The van der Waals surface area contributed by atoms with Gasteiger partial charge in [-0.25, -0.2) is 4.39 Å². The average molecular weight is 372 g/mol. The van der Waals surface area contributed by atoms with E-state index in [0.29, 0.717) is 22.8 Å². The topological polar surface area (TPSA) is 46.5 Å². The Labute approximate surface area is 156 Å². The maximum absolute atomic E-state index is 13.7. The number of hydrogen-bond acceptors (Lipinski definition) is 4. The summed E-state index contributed by atoms with van der Waals surface area (Å²) < 4.78 is 18.7. The normalized spacial score (nSPS) is 22.3. The van der Waals surface area contributed by atoms with Gasteiger partial charge in [0.2, 0.25) is 0 Å². The van der Waals surface area contributed by atoms with Crippen LogP contribution in [0.2, 0.25) is 0 Å². The molecule has 0 spiro atoms. The molecule has 2 aliphatic carbocycles. The van der Waals surface area contributed by atoms with Crippen molar-refractivity contribution < 1.29 is 19.0 Å². The first kappa shape index (κ1) is 17.3. The first-order valence-corrected chi connectivity index (χ1v) is 9.48. The molecule has 1 aromatic carbocycles. The number of halogens is 1. The Morgan fingerprint density at radius 2 is 2.15 bits per heavy atom. The third kappa shape index (κ3) is 2.41. The highest BCUT2D eigenvalue weighted by Gasteiger charge is 2.63. The highest BCUT2D eigenvalue weighted by atomic mass is 32.1. The van der Waals surface area contributed by atoms with Crippen LogP contribution < -0.4 is 4.74 Å². The van der Waals surface area contributed by atoms with Crippen molar-refractivity contribution in [2.24, 2.45) is 11.3 Å². The second kappa shape index (κ2) is 5.68. The molecule has 0 bridgehead atoms. The molecule has 1 N–H and O–H groups in total. The van der Waals surface area contributed by atoms with Gasteiger partial charge in [0.05, 0.1) is 12.0 Å². The van der Waals surface area contributed by atoms with E-state index in [2.05, 4.69) is 20.8 Å². The summed E-state index contributed by atoms with van der Waals surface area (Å²) in [6.45, 7) is 6.70. The lowest BCUT2D eigenvalue weighted by molar-refractivity contribution is 0.105. The van der Waals surface area contributed by atoms with Crippen LogP contribution in [-0.4, -0.2) is 18.0 Å². The Balaban J connectivity index is 1.61. The molecular weight excluding hydrogens is 351 g/mol. The van der Waals surface area contributed by atoms with Gasteiger partial charge >= 0.3 is 0 Å². The molecule has 0 unspecified atom stereocenters. The third-order valence-corrected chi connectivity index (χ3v) is 7.12. The molecule has 4 rings (SSSR count). The number of ketones is 1. The lowest BCUT2D eigenvalue weighted by Crippen LogP contribution is -2.03. The van der Waals surface area contributed by atoms with E-state index in [1.807, 2.05) is 0 Å². The number of aromatic hydroxyl groups is 1. The number of fused-ring (bicyclic) bond motifs is 3. The molecular formula is C21H21FO3S. The number of aryl methyl sites for hydroxylation is 1. The minimum atomic E-state index is -0.772. The summed E-state index contributed by atoms with van der Waals surface area (Å²) >= 11 is 1.56. The second-order valence-corrected chi connectivity index (χ2v) is 8.97. The highest BCUT2D eigenvalue weighted by molar-refractivity contribution is 7.14. The molecule has 3 nitrogen and oxygen atoms in total. The Morgan fingerprint density at radius 3 is 2.85 bits per heavy atom. The Kier molecular flexibility index (Phi) is 3.77. The second-order valence-electron chi connectivity index (χ2n) is 7.74. The van der Waals surface area contributed by atoms with Crippen LogP contribution >= 0.6 is 11.3 Å². The summed E-state index contributed by atoms with van der Waals surface area (Å²) in [7, 11) is 1.36. The van der Waals surface area contributed by atoms with Crippen molar-refractivity contribution in [2.75, 3.05) is 7.11 Å². The Hall–Kier alpha value is -2.14. The minimum Gasteiger partial charge on any atom is -0.502 e. The molecule has 26 heavy (non-hydrogen) atoms. The number of methoxy groups -OCH3 is 1. The zero-order valence-electron chi connectivity index (χ0n) is 15.2. The molecule has 136 valence electrons. The lowest BCUT2D eigenvalue weighted by Gasteiger charge is -2.09. The summed E-state index contributed by atoms with van der Waals surface area (Å²) in [4.78, 5) is 14.8. The lowest BCUT2D eigenvalue weighted by atomic mass is 9.94. The number of carbonyl (C=O) groups excluding carboxylic acids is 1. The number of rotatable bonds is 4. The Bertz CT molecular complexity index is 955. The summed E-state index contributed by atoms with van der Waals surface area (Å²) in [5.74, 6) is -0.0466. The van der Waals surface area contributed by atoms with E-state index < -0.39 is 11.6 Å². The van der Waals surface area contributed by atoms with Crippen LogP contribution in [-0.2, 0) is 6.42 Å². The van der Waals surface area contributed by atoms with Gasteiger partial charge in [0.25, 0.3) is 0 Å². The Morgan fingerprint density at radius 1 is 1.42 bits per heavy atom. The van der Waals surface area contributed by atoms with Gasteiger partial charge in [0.1, 0.15) is 0 Å². The maximum Gasteiger partial charge on any atom is 0.196 e. The van der Waals surface area contributed by atoms with Crippen LogP contribution in [0.4, 0.5) is 4.39 Å². The van der Waals surface area contributed by atoms with Crippen LogP contribution in [0.15, 0.2) is 18.2 Å². The fraction of sp³-hybridized carbons (Fsp3) is 0.381. The molecule has 1 saturated carbocycles. The predicted molar refractivity (Wildman–Crippen MR) is 101 cm³/mol. The van der Waals surface area contributed by atoms with Crippen molar-refractivity contribution >= 4 is 23.2 Å². The molecule has 1 heterocycles. The predicted octanol–water partition coefficient (Wildman–Crippen LogP) is 5.10. The van der Waals surface area contributed by atoms with Crippen molar-refractivity contribution in [3.8, 4) is 11.5 Å². The first-order chi connectivity index (χ1) is 12.3. The van der Waals surface area contributed by atoms with Crippen molar-refractivity contribution in [1.29, 1.82) is 0 Å². The van der Waals surface area contributed by atoms with E-state index >= 15 is 0 Å². The molecule has 1 fully saturated rings. The molecule has 0 saturated heterocycles. The van der Waals surface area contributed by atoms with E-state index in [1.165, 1.54) is 41.3 Å². The number of allylic oxidation sites excluding steroid dienone is 1. The van der Waals surface area contributed by atoms with Crippen LogP contribution in [0, 0.1) is 24.1 Å². The van der Waals surface area contributed by atoms with E-state index in [4.69, 9.17) is 4.74 Å². The smallest absolute Gasteiger partial charge is 0.196 e.